The summed E-state index contributed by atoms with van der Waals surface area (Å²) < 4.78 is 30.1. The minimum Gasteiger partial charge on any atom is -0.486 e. The average Bonchev–Trinajstić information content (AvgIpc) is 3.38. The van der Waals surface area contributed by atoms with Crippen LogP contribution in [0.3, 0.4) is 0 Å². The standard InChI is InChI=1S/C26H21FN2O5S/c1-16-21(11-17-4-5-18(27)12-22(17)28-16)26(31)34-15-25(30)29(14-20-3-2-10-35-20)19-6-7-23-24(13-19)33-9-8-32-23/h2-7,10-13H,8-9,14-15H2,1H3. The van der Waals surface area contributed by atoms with Crippen molar-refractivity contribution in [2.45, 2.75) is 13.5 Å². The van der Waals surface area contributed by atoms with E-state index in [0.29, 0.717) is 53.5 Å². The summed E-state index contributed by atoms with van der Waals surface area (Å²) in [6.45, 7) is 2.40. The Bertz CT molecular complexity index is 1410. The molecule has 2 aromatic carbocycles. The van der Waals surface area contributed by atoms with Gasteiger partial charge in [0.25, 0.3) is 5.91 Å². The molecule has 35 heavy (non-hydrogen) atoms. The van der Waals surface area contributed by atoms with E-state index in [9.17, 15) is 14.0 Å². The van der Waals surface area contributed by atoms with Crippen molar-refractivity contribution in [1.29, 1.82) is 0 Å². The van der Waals surface area contributed by atoms with Crippen molar-refractivity contribution in [3.8, 4) is 11.5 Å². The predicted octanol–water partition coefficient (Wildman–Crippen LogP) is 4.91. The molecule has 0 spiro atoms. The van der Waals surface area contributed by atoms with E-state index in [4.69, 9.17) is 14.2 Å². The molecule has 9 heteroatoms. The number of hydrogen-bond acceptors (Lipinski definition) is 7. The number of benzene rings is 2. The van der Waals surface area contributed by atoms with Gasteiger partial charge in [-0.3, -0.25) is 9.78 Å². The minimum absolute atomic E-state index is 0.223. The van der Waals surface area contributed by atoms with Crippen molar-refractivity contribution >= 4 is 39.8 Å². The highest BCUT2D eigenvalue weighted by Crippen LogP contribution is 2.34. The second-order valence-corrected chi connectivity index (χ2v) is 8.95. The van der Waals surface area contributed by atoms with Crippen molar-refractivity contribution in [2.24, 2.45) is 0 Å². The zero-order valence-electron chi connectivity index (χ0n) is 18.8. The van der Waals surface area contributed by atoms with Crippen LogP contribution in [0.2, 0.25) is 0 Å². The molecular weight excluding hydrogens is 471 g/mol. The number of pyridine rings is 1. The number of thiophene rings is 1. The number of carbonyl (C=O) groups excluding carboxylic acids is 2. The number of anilines is 1. The maximum absolute atomic E-state index is 13.5. The van der Waals surface area contributed by atoms with E-state index < -0.39 is 24.3 Å². The fraction of sp³-hybridized carbons (Fsp3) is 0.192. The Balaban J connectivity index is 1.35. The van der Waals surface area contributed by atoms with Crippen LogP contribution in [-0.4, -0.2) is 36.7 Å². The van der Waals surface area contributed by atoms with Crippen molar-refractivity contribution in [3.63, 3.8) is 0 Å². The molecule has 5 rings (SSSR count). The number of nitrogens with zero attached hydrogens (tertiary/aromatic N) is 2. The van der Waals surface area contributed by atoms with Gasteiger partial charge in [0.2, 0.25) is 0 Å². The smallest absolute Gasteiger partial charge is 0.340 e. The molecule has 178 valence electrons. The number of ether oxygens (including phenoxy) is 3. The summed E-state index contributed by atoms with van der Waals surface area (Å²) in [4.78, 5) is 32.9. The molecule has 0 bridgehead atoms. The van der Waals surface area contributed by atoms with E-state index in [0.717, 1.165) is 4.88 Å². The molecule has 0 atom stereocenters. The number of halogens is 1. The molecule has 0 saturated heterocycles. The SMILES string of the molecule is Cc1nc2cc(F)ccc2cc1C(=O)OCC(=O)N(Cc1cccs1)c1ccc2c(c1)OCCO2. The highest BCUT2D eigenvalue weighted by atomic mass is 32.1. The Hall–Kier alpha value is -3.98. The van der Waals surface area contributed by atoms with Crippen LogP contribution < -0.4 is 14.4 Å². The first-order chi connectivity index (χ1) is 17.0. The summed E-state index contributed by atoms with van der Waals surface area (Å²) in [5, 5.41) is 2.54. The highest BCUT2D eigenvalue weighted by molar-refractivity contribution is 7.09. The summed E-state index contributed by atoms with van der Waals surface area (Å²) >= 11 is 1.52. The topological polar surface area (TPSA) is 78.0 Å². The van der Waals surface area contributed by atoms with Gasteiger partial charge in [0.15, 0.2) is 18.1 Å². The Kier molecular flexibility index (Phi) is 6.33. The summed E-state index contributed by atoms with van der Waals surface area (Å²) in [6, 6.07) is 14.9. The monoisotopic (exact) mass is 492 g/mol. The third-order valence-electron chi connectivity index (χ3n) is 5.55. The van der Waals surface area contributed by atoms with Gasteiger partial charge in [-0.15, -0.1) is 11.3 Å². The minimum atomic E-state index is -0.673. The van der Waals surface area contributed by atoms with E-state index in [1.165, 1.54) is 23.5 Å². The van der Waals surface area contributed by atoms with Gasteiger partial charge in [0, 0.05) is 28.1 Å². The second kappa shape index (κ2) is 9.71. The molecule has 0 unspecified atom stereocenters. The first-order valence-electron chi connectivity index (χ1n) is 10.9. The molecule has 0 saturated carbocycles. The zero-order valence-corrected chi connectivity index (χ0v) is 19.6. The normalized spacial score (nSPS) is 12.4. The number of carbonyl (C=O) groups is 2. The first kappa shape index (κ1) is 22.8. The number of fused-ring (bicyclic) bond motifs is 2. The quantitative estimate of drug-likeness (QED) is 0.356. The number of rotatable bonds is 6. The van der Waals surface area contributed by atoms with Gasteiger partial charge in [-0.2, -0.15) is 0 Å². The van der Waals surface area contributed by atoms with Crippen LogP contribution in [0.5, 0.6) is 11.5 Å². The average molecular weight is 493 g/mol. The van der Waals surface area contributed by atoms with Crippen LogP contribution in [0.25, 0.3) is 10.9 Å². The second-order valence-electron chi connectivity index (χ2n) is 7.92. The Morgan fingerprint density at radius 3 is 2.71 bits per heavy atom. The fourth-order valence-electron chi connectivity index (χ4n) is 3.81. The summed E-state index contributed by atoms with van der Waals surface area (Å²) in [7, 11) is 0. The Labute approximate surface area is 204 Å². The molecule has 1 aliphatic heterocycles. The Morgan fingerprint density at radius 2 is 1.91 bits per heavy atom. The number of aromatic nitrogens is 1. The number of hydrogen-bond donors (Lipinski definition) is 0. The van der Waals surface area contributed by atoms with E-state index in [1.54, 1.807) is 42.2 Å². The third-order valence-corrected chi connectivity index (χ3v) is 6.41. The fourth-order valence-corrected chi connectivity index (χ4v) is 4.50. The van der Waals surface area contributed by atoms with E-state index in [2.05, 4.69) is 4.98 Å². The molecule has 0 fully saturated rings. The summed E-state index contributed by atoms with van der Waals surface area (Å²) in [6.07, 6.45) is 0. The molecule has 0 N–H and O–H groups in total. The lowest BCUT2D eigenvalue weighted by atomic mass is 10.1. The van der Waals surface area contributed by atoms with E-state index >= 15 is 0 Å². The molecule has 0 radical (unpaired) electrons. The van der Waals surface area contributed by atoms with Gasteiger partial charge >= 0.3 is 5.97 Å². The van der Waals surface area contributed by atoms with Gasteiger partial charge in [0.05, 0.1) is 23.3 Å². The van der Waals surface area contributed by atoms with Crippen LogP contribution >= 0.6 is 11.3 Å². The summed E-state index contributed by atoms with van der Waals surface area (Å²) in [5.41, 5.74) is 1.66. The van der Waals surface area contributed by atoms with Crippen LogP contribution in [0.1, 0.15) is 20.9 Å². The largest absolute Gasteiger partial charge is 0.486 e. The van der Waals surface area contributed by atoms with Crippen LogP contribution in [0, 0.1) is 12.7 Å². The van der Waals surface area contributed by atoms with Gasteiger partial charge in [-0.25, -0.2) is 9.18 Å². The van der Waals surface area contributed by atoms with Gasteiger partial charge in [-0.1, -0.05) is 6.07 Å². The lowest BCUT2D eigenvalue weighted by molar-refractivity contribution is -0.121. The number of amides is 1. The van der Waals surface area contributed by atoms with E-state index in [-0.39, 0.29) is 5.56 Å². The lowest BCUT2D eigenvalue weighted by Crippen LogP contribution is -2.34. The van der Waals surface area contributed by atoms with E-state index in [1.807, 2.05) is 17.5 Å². The van der Waals surface area contributed by atoms with Crippen molar-refractivity contribution in [2.75, 3.05) is 24.7 Å². The first-order valence-corrected chi connectivity index (χ1v) is 11.8. The molecule has 2 aromatic heterocycles. The van der Waals surface area contributed by atoms with Gasteiger partial charge in [0.1, 0.15) is 19.0 Å². The van der Waals surface area contributed by atoms with Crippen molar-refractivity contribution in [1.82, 2.24) is 4.98 Å². The molecule has 1 aliphatic rings. The lowest BCUT2D eigenvalue weighted by Gasteiger charge is -2.25. The molecule has 3 heterocycles. The van der Waals surface area contributed by atoms with Crippen LogP contribution in [-0.2, 0) is 16.1 Å². The van der Waals surface area contributed by atoms with Crippen molar-refractivity contribution in [3.05, 3.63) is 81.9 Å². The molecular formula is C26H21FN2O5S. The molecule has 1 amide bonds. The van der Waals surface area contributed by atoms with Crippen LogP contribution in [0.4, 0.5) is 10.1 Å². The maximum atomic E-state index is 13.5. The van der Waals surface area contributed by atoms with Gasteiger partial charge < -0.3 is 19.1 Å². The van der Waals surface area contributed by atoms with Crippen LogP contribution in [0.15, 0.2) is 60.0 Å². The number of aryl methyl sites for hydroxylation is 1. The highest BCUT2D eigenvalue weighted by Gasteiger charge is 2.23. The predicted molar refractivity (Wildman–Crippen MR) is 130 cm³/mol. The molecule has 0 aliphatic carbocycles. The summed E-state index contributed by atoms with van der Waals surface area (Å²) in [5.74, 6) is -0.293. The molecule has 4 aromatic rings. The number of esters is 1. The molecule has 7 nitrogen and oxygen atoms in total. The van der Waals surface area contributed by atoms with Gasteiger partial charge in [-0.05, 0) is 48.7 Å². The maximum Gasteiger partial charge on any atom is 0.340 e. The third kappa shape index (κ3) is 4.95. The Morgan fingerprint density at radius 1 is 1.09 bits per heavy atom. The zero-order chi connectivity index (χ0) is 24.4. The van der Waals surface area contributed by atoms with Crippen molar-refractivity contribution < 1.29 is 28.2 Å².